The van der Waals surface area contributed by atoms with E-state index in [2.05, 4.69) is 22.3 Å². The standard InChI is InChI=1S/C13H16N4O/c1-13(9-18-10-13)8-15-11-4-2-5-14-12(11)17-7-3-6-16-17/h2-7,15H,8-10H2,1H3. The third-order valence-electron chi connectivity index (χ3n) is 3.11. The predicted molar refractivity (Wildman–Crippen MR) is 68.8 cm³/mol. The Hall–Kier alpha value is -1.88. The Morgan fingerprint density at radius 3 is 2.94 bits per heavy atom. The van der Waals surface area contributed by atoms with Crippen LogP contribution in [0.4, 0.5) is 5.69 Å². The van der Waals surface area contributed by atoms with Crippen LogP contribution in [-0.2, 0) is 4.74 Å². The maximum Gasteiger partial charge on any atom is 0.176 e. The Morgan fingerprint density at radius 2 is 2.28 bits per heavy atom. The first-order valence-corrected chi connectivity index (χ1v) is 6.04. The van der Waals surface area contributed by atoms with Crippen LogP contribution >= 0.6 is 0 Å². The number of ether oxygens (including phenoxy) is 1. The van der Waals surface area contributed by atoms with Crippen molar-refractivity contribution >= 4 is 5.69 Å². The molecule has 5 heteroatoms. The predicted octanol–water partition coefficient (Wildman–Crippen LogP) is 1.72. The molecule has 0 amide bonds. The molecule has 3 heterocycles. The second-order valence-electron chi connectivity index (χ2n) is 4.98. The Bertz CT molecular complexity index is 520. The minimum Gasteiger partial charge on any atom is -0.381 e. The van der Waals surface area contributed by atoms with E-state index in [0.29, 0.717) is 0 Å². The highest BCUT2D eigenvalue weighted by Crippen LogP contribution is 2.27. The molecule has 1 aliphatic rings. The second kappa shape index (κ2) is 4.42. The third-order valence-corrected chi connectivity index (χ3v) is 3.11. The fraction of sp³-hybridized carbons (Fsp3) is 0.385. The molecule has 1 fully saturated rings. The van der Waals surface area contributed by atoms with Crippen molar-refractivity contribution in [2.45, 2.75) is 6.92 Å². The maximum atomic E-state index is 5.26. The van der Waals surface area contributed by atoms with Crippen LogP contribution in [0, 0.1) is 5.41 Å². The Balaban J connectivity index is 1.79. The van der Waals surface area contributed by atoms with E-state index in [0.717, 1.165) is 31.3 Å². The molecule has 1 aliphatic heterocycles. The van der Waals surface area contributed by atoms with Crippen molar-refractivity contribution in [1.29, 1.82) is 0 Å². The van der Waals surface area contributed by atoms with Crippen molar-refractivity contribution in [3.63, 3.8) is 0 Å². The molecule has 0 unspecified atom stereocenters. The number of anilines is 1. The molecule has 0 saturated carbocycles. The summed E-state index contributed by atoms with van der Waals surface area (Å²) in [6, 6.07) is 5.83. The summed E-state index contributed by atoms with van der Waals surface area (Å²) in [6.07, 6.45) is 5.41. The van der Waals surface area contributed by atoms with Crippen molar-refractivity contribution < 1.29 is 4.74 Å². The highest BCUT2D eigenvalue weighted by Gasteiger charge is 2.33. The Kier molecular flexibility index (Phi) is 2.76. The van der Waals surface area contributed by atoms with Crippen LogP contribution in [0.25, 0.3) is 5.82 Å². The first kappa shape index (κ1) is 11.2. The van der Waals surface area contributed by atoms with E-state index in [1.807, 2.05) is 24.4 Å². The normalized spacial score (nSPS) is 17.2. The van der Waals surface area contributed by atoms with E-state index in [9.17, 15) is 0 Å². The Morgan fingerprint density at radius 1 is 1.39 bits per heavy atom. The highest BCUT2D eigenvalue weighted by molar-refractivity contribution is 5.56. The zero-order valence-electron chi connectivity index (χ0n) is 10.3. The zero-order chi connectivity index (χ0) is 12.4. The molecule has 5 nitrogen and oxygen atoms in total. The number of aromatic nitrogens is 3. The SMILES string of the molecule is CC1(CNc2cccnc2-n2cccn2)COC1. The summed E-state index contributed by atoms with van der Waals surface area (Å²) in [5.74, 6) is 0.825. The molecule has 0 aromatic carbocycles. The molecule has 1 N–H and O–H groups in total. The molecule has 1 saturated heterocycles. The van der Waals surface area contributed by atoms with Crippen LogP contribution in [0.15, 0.2) is 36.8 Å². The van der Waals surface area contributed by atoms with Gasteiger partial charge in [-0.2, -0.15) is 5.10 Å². The van der Waals surface area contributed by atoms with Gasteiger partial charge >= 0.3 is 0 Å². The van der Waals surface area contributed by atoms with Gasteiger partial charge in [-0.15, -0.1) is 0 Å². The number of rotatable bonds is 4. The molecular formula is C13H16N4O. The second-order valence-corrected chi connectivity index (χ2v) is 4.98. The molecule has 18 heavy (non-hydrogen) atoms. The van der Waals surface area contributed by atoms with Gasteiger partial charge in [0.2, 0.25) is 0 Å². The van der Waals surface area contributed by atoms with Crippen LogP contribution in [-0.4, -0.2) is 34.5 Å². The van der Waals surface area contributed by atoms with E-state index < -0.39 is 0 Å². The van der Waals surface area contributed by atoms with Crippen LogP contribution in [0.3, 0.4) is 0 Å². The van der Waals surface area contributed by atoms with E-state index >= 15 is 0 Å². The average Bonchev–Trinajstić information content (AvgIpc) is 2.88. The van der Waals surface area contributed by atoms with Crippen molar-refractivity contribution in [1.82, 2.24) is 14.8 Å². The number of nitrogens with zero attached hydrogens (tertiary/aromatic N) is 3. The number of pyridine rings is 1. The van der Waals surface area contributed by atoms with Gasteiger partial charge in [0.25, 0.3) is 0 Å². The quantitative estimate of drug-likeness (QED) is 0.889. The zero-order valence-corrected chi connectivity index (χ0v) is 10.3. The summed E-state index contributed by atoms with van der Waals surface area (Å²) in [5.41, 5.74) is 1.23. The van der Waals surface area contributed by atoms with Gasteiger partial charge in [0, 0.05) is 30.6 Å². The van der Waals surface area contributed by atoms with Crippen LogP contribution in [0.5, 0.6) is 0 Å². The van der Waals surface area contributed by atoms with Gasteiger partial charge in [-0.3, -0.25) is 0 Å². The van der Waals surface area contributed by atoms with Gasteiger partial charge in [-0.1, -0.05) is 6.92 Å². The van der Waals surface area contributed by atoms with Gasteiger partial charge in [0.15, 0.2) is 5.82 Å². The van der Waals surface area contributed by atoms with Crippen molar-refractivity contribution in [3.8, 4) is 5.82 Å². The fourth-order valence-corrected chi connectivity index (χ4v) is 1.97. The van der Waals surface area contributed by atoms with Crippen LogP contribution < -0.4 is 5.32 Å². The fourth-order valence-electron chi connectivity index (χ4n) is 1.97. The van der Waals surface area contributed by atoms with E-state index in [-0.39, 0.29) is 5.41 Å². The van der Waals surface area contributed by atoms with Crippen LogP contribution in [0.2, 0.25) is 0 Å². The smallest absolute Gasteiger partial charge is 0.176 e. The molecular weight excluding hydrogens is 228 g/mol. The van der Waals surface area contributed by atoms with Gasteiger partial charge in [0.1, 0.15) is 0 Å². The molecule has 2 aromatic heterocycles. The topological polar surface area (TPSA) is 52.0 Å². The minimum absolute atomic E-state index is 0.233. The summed E-state index contributed by atoms with van der Waals surface area (Å²) in [5, 5.41) is 7.66. The molecule has 0 radical (unpaired) electrons. The van der Waals surface area contributed by atoms with E-state index in [4.69, 9.17) is 4.74 Å². The number of nitrogens with one attached hydrogen (secondary N) is 1. The molecule has 2 aromatic rings. The molecule has 0 atom stereocenters. The summed E-state index contributed by atoms with van der Waals surface area (Å²) in [6.45, 7) is 4.73. The van der Waals surface area contributed by atoms with E-state index in [1.165, 1.54) is 0 Å². The summed E-state index contributed by atoms with van der Waals surface area (Å²) in [4.78, 5) is 4.37. The highest BCUT2D eigenvalue weighted by atomic mass is 16.5. The monoisotopic (exact) mass is 244 g/mol. The maximum absolute atomic E-state index is 5.26. The minimum atomic E-state index is 0.233. The van der Waals surface area contributed by atoms with Crippen molar-refractivity contribution in [3.05, 3.63) is 36.8 Å². The molecule has 3 rings (SSSR count). The molecule has 0 spiro atoms. The largest absolute Gasteiger partial charge is 0.381 e. The number of hydrogen-bond donors (Lipinski definition) is 1. The van der Waals surface area contributed by atoms with Crippen molar-refractivity contribution in [2.75, 3.05) is 25.1 Å². The first-order valence-electron chi connectivity index (χ1n) is 6.04. The van der Waals surface area contributed by atoms with Gasteiger partial charge in [-0.05, 0) is 18.2 Å². The van der Waals surface area contributed by atoms with Gasteiger partial charge < -0.3 is 10.1 Å². The summed E-state index contributed by atoms with van der Waals surface area (Å²) in [7, 11) is 0. The summed E-state index contributed by atoms with van der Waals surface area (Å²) >= 11 is 0. The summed E-state index contributed by atoms with van der Waals surface area (Å²) < 4.78 is 7.02. The first-order chi connectivity index (χ1) is 8.77. The number of hydrogen-bond acceptors (Lipinski definition) is 4. The lowest BCUT2D eigenvalue weighted by molar-refractivity contribution is -0.0924. The van der Waals surface area contributed by atoms with Crippen molar-refractivity contribution in [2.24, 2.45) is 5.41 Å². The lowest BCUT2D eigenvalue weighted by Crippen LogP contribution is -2.45. The third kappa shape index (κ3) is 2.09. The average molecular weight is 244 g/mol. The Labute approximate surface area is 106 Å². The van der Waals surface area contributed by atoms with Gasteiger partial charge in [0.05, 0.1) is 18.9 Å². The van der Waals surface area contributed by atoms with Crippen LogP contribution in [0.1, 0.15) is 6.92 Å². The lowest BCUT2D eigenvalue weighted by Gasteiger charge is -2.38. The lowest BCUT2D eigenvalue weighted by atomic mass is 9.89. The molecule has 0 bridgehead atoms. The molecule has 0 aliphatic carbocycles. The molecule has 94 valence electrons. The van der Waals surface area contributed by atoms with Gasteiger partial charge in [-0.25, -0.2) is 9.67 Å². The van der Waals surface area contributed by atoms with E-state index in [1.54, 1.807) is 17.1 Å².